The van der Waals surface area contributed by atoms with Crippen LogP contribution < -0.4 is 0 Å². The van der Waals surface area contributed by atoms with Gasteiger partial charge in [-0.25, -0.2) is 0 Å². The number of unbranched alkanes of at least 4 members (excludes halogenated alkanes) is 9. The van der Waals surface area contributed by atoms with Crippen LogP contribution in [0.1, 0.15) is 71.1 Å². The van der Waals surface area contributed by atoms with E-state index in [0.717, 1.165) is 19.4 Å². The molecule has 7 heteroatoms. The van der Waals surface area contributed by atoms with Gasteiger partial charge in [-0.2, -0.15) is 5.06 Å². The number of hydrogen-bond donors (Lipinski definition) is 5. The number of aliphatic hydroxyl groups excluding tert-OH is 5. The van der Waals surface area contributed by atoms with Crippen LogP contribution in [-0.4, -0.2) is 81.8 Å². The fourth-order valence-electron chi connectivity index (χ4n) is 2.75. The fraction of sp³-hybridized carbons (Fsp3) is 1.00. The van der Waals surface area contributed by atoms with Crippen molar-refractivity contribution in [2.75, 3.05) is 26.8 Å². The van der Waals surface area contributed by atoms with Crippen LogP contribution in [0.4, 0.5) is 0 Å². The van der Waals surface area contributed by atoms with Crippen LogP contribution >= 0.6 is 0 Å². The summed E-state index contributed by atoms with van der Waals surface area (Å²) in [4.78, 5) is 5.34. The van der Waals surface area contributed by atoms with E-state index in [0.29, 0.717) is 0 Å². The molecule has 0 spiro atoms. The first-order valence-corrected chi connectivity index (χ1v) is 10.1. The third-order valence-corrected chi connectivity index (χ3v) is 4.62. The molecule has 0 aromatic carbocycles. The SMILES string of the molecule is CCCCCCCCCCCCN(C)OC[C@H](O)[C@@H](O)[C@H](O)[C@H](O)CO. The number of rotatable bonds is 18. The minimum atomic E-state index is -1.62. The Labute approximate surface area is 158 Å². The Morgan fingerprint density at radius 1 is 0.731 bits per heavy atom. The molecule has 7 nitrogen and oxygen atoms in total. The van der Waals surface area contributed by atoms with Gasteiger partial charge in [0.15, 0.2) is 0 Å². The summed E-state index contributed by atoms with van der Waals surface area (Å²) in [7, 11) is 1.76. The molecule has 0 fully saturated rings. The maximum Gasteiger partial charge on any atom is 0.111 e. The topological polar surface area (TPSA) is 114 Å². The van der Waals surface area contributed by atoms with Crippen molar-refractivity contribution in [2.45, 2.75) is 95.5 Å². The summed E-state index contributed by atoms with van der Waals surface area (Å²) in [6.45, 7) is 2.07. The Bertz CT molecular complexity index is 308. The summed E-state index contributed by atoms with van der Waals surface area (Å²) >= 11 is 0. The first-order chi connectivity index (χ1) is 12.4. The third-order valence-electron chi connectivity index (χ3n) is 4.62. The molecule has 0 rings (SSSR count). The van der Waals surface area contributed by atoms with Gasteiger partial charge in [0, 0.05) is 13.6 Å². The highest BCUT2D eigenvalue weighted by atomic mass is 16.7. The smallest absolute Gasteiger partial charge is 0.111 e. The van der Waals surface area contributed by atoms with Crippen molar-refractivity contribution in [1.29, 1.82) is 0 Å². The second kappa shape index (κ2) is 16.9. The molecule has 26 heavy (non-hydrogen) atoms. The van der Waals surface area contributed by atoms with E-state index >= 15 is 0 Å². The van der Waals surface area contributed by atoms with Crippen LogP contribution in [0.5, 0.6) is 0 Å². The van der Waals surface area contributed by atoms with Crippen molar-refractivity contribution in [3.63, 3.8) is 0 Å². The summed E-state index contributed by atoms with van der Waals surface area (Å²) in [5.74, 6) is 0. The lowest BCUT2D eigenvalue weighted by Gasteiger charge is -2.26. The monoisotopic (exact) mass is 379 g/mol. The number of hydroxylamine groups is 2. The van der Waals surface area contributed by atoms with Gasteiger partial charge in [-0.05, 0) is 6.42 Å². The summed E-state index contributed by atoms with van der Waals surface area (Å²) in [6, 6.07) is 0. The van der Waals surface area contributed by atoms with E-state index in [2.05, 4.69) is 6.92 Å². The van der Waals surface area contributed by atoms with E-state index in [4.69, 9.17) is 9.94 Å². The zero-order valence-electron chi connectivity index (χ0n) is 16.6. The highest BCUT2D eigenvalue weighted by Crippen LogP contribution is 2.11. The van der Waals surface area contributed by atoms with Crippen molar-refractivity contribution in [1.82, 2.24) is 5.06 Å². The molecule has 158 valence electrons. The van der Waals surface area contributed by atoms with E-state index in [1.54, 1.807) is 12.1 Å². The second-order valence-electron chi connectivity index (χ2n) is 7.13. The van der Waals surface area contributed by atoms with Crippen molar-refractivity contribution in [2.24, 2.45) is 0 Å². The molecule has 0 heterocycles. The summed E-state index contributed by atoms with van der Waals surface area (Å²) in [5.41, 5.74) is 0. The zero-order valence-corrected chi connectivity index (χ0v) is 16.6. The van der Waals surface area contributed by atoms with Crippen LogP contribution in [-0.2, 0) is 4.84 Å². The van der Waals surface area contributed by atoms with E-state index in [9.17, 15) is 20.4 Å². The van der Waals surface area contributed by atoms with Gasteiger partial charge in [0.25, 0.3) is 0 Å². The van der Waals surface area contributed by atoms with E-state index in [1.807, 2.05) is 0 Å². The average Bonchev–Trinajstić information content (AvgIpc) is 2.65. The van der Waals surface area contributed by atoms with Crippen LogP contribution in [0.2, 0.25) is 0 Å². The van der Waals surface area contributed by atoms with Gasteiger partial charge in [0.05, 0.1) is 13.2 Å². The van der Waals surface area contributed by atoms with E-state index < -0.39 is 31.0 Å². The van der Waals surface area contributed by atoms with E-state index in [-0.39, 0.29) is 6.61 Å². The lowest BCUT2D eigenvalue weighted by atomic mass is 10.0. The molecule has 0 aliphatic rings. The van der Waals surface area contributed by atoms with Gasteiger partial charge in [-0.15, -0.1) is 0 Å². The van der Waals surface area contributed by atoms with Crippen LogP contribution in [0.15, 0.2) is 0 Å². The third kappa shape index (κ3) is 13.0. The lowest BCUT2D eigenvalue weighted by Crippen LogP contribution is -2.47. The number of hydrogen-bond acceptors (Lipinski definition) is 7. The predicted octanol–water partition coefficient (Wildman–Crippen LogP) is 1.21. The quantitative estimate of drug-likeness (QED) is 0.180. The normalized spacial score (nSPS) is 16.6. The largest absolute Gasteiger partial charge is 0.394 e. The molecule has 0 aromatic rings. The Balaban J connectivity index is 3.60. The van der Waals surface area contributed by atoms with Gasteiger partial charge < -0.3 is 25.5 Å². The Kier molecular flexibility index (Phi) is 16.7. The van der Waals surface area contributed by atoms with Crippen molar-refractivity contribution in [3.8, 4) is 0 Å². The molecule has 5 N–H and O–H groups in total. The van der Waals surface area contributed by atoms with Gasteiger partial charge in [-0.3, -0.25) is 4.84 Å². The molecule has 0 bridgehead atoms. The highest BCUT2D eigenvalue weighted by Gasteiger charge is 2.30. The highest BCUT2D eigenvalue weighted by molar-refractivity contribution is 4.80. The lowest BCUT2D eigenvalue weighted by molar-refractivity contribution is -0.190. The number of aliphatic hydroxyl groups is 5. The molecule has 4 atom stereocenters. The first kappa shape index (κ1) is 25.7. The minimum Gasteiger partial charge on any atom is -0.394 e. The Morgan fingerprint density at radius 3 is 1.69 bits per heavy atom. The van der Waals surface area contributed by atoms with Crippen molar-refractivity contribution >= 4 is 0 Å². The van der Waals surface area contributed by atoms with Crippen LogP contribution in [0.25, 0.3) is 0 Å². The summed E-state index contributed by atoms with van der Waals surface area (Å²) in [6.07, 6.45) is 6.56. The Hall–Kier alpha value is -0.280. The maximum absolute atomic E-state index is 9.77. The molecule has 0 saturated heterocycles. The van der Waals surface area contributed by atoms with Gasteiger partial charge in [-0.1, -0.05) is 64.7 Å². The molecule has 0 unspecified atom stereocenters. The Morgan fingerprint density at radius 2 is 1.19 bits per heavy atom. The second-order valence-corrected chi connectivity index (χ2v) is 7.13. The minimum absolute atomic E-state index is 0.190. The molecule has 0 radical (unpaired) electrons. The summed E-state index contributed by atoms with van der Waals surface area (Å²) < 4.78 is 0. The van der Waals surface area contributed by atoms with Gasteiger partial charge >= 0.3 is 0 Å². The molecule has 0 amide bonds. The van der Waals surface area contributed by atoms with Crippen molar-refractivity contribution in [3.05, 3.63) is 0 Å². The summed E-state index contributed by atoms with van der Waals surface area (Å²) in [5, 5.41) is 48.6. The van der Waals surface area contributed by atoms with Crippen LogP contribution in [0.3, 0.4) is 0 Å². The fourth-order valence-corrected chi connectivity index (χ4v) is 2.75. The molecule has 0 saturated carbocycles. The molecule has 0 aliphatic carbocycles. The standard InChI is InChI=1S/C19H41NO6/c1-3-4-5-6-7-8-9-10-11-12-13-20(2)26-15-17(23)19(25)18(24)16(22)14-21/h16-19,21-25H,3-15H2,1-2H3/t16-,17+,18-,19-/m1/s1. The van der Waals surface area contributed by atoms with Gasteiger partial charge in [0.1, 0.15) is 24.4 Å². The predicted molar refractivity (Wildman–Crippen MR) is 102 cm³/mol. The molecular weight excluding hydrogens is 338 g/mol. The number of nitrogens with zero attached hydrogens (tertiary/aromatic N) is 1. The first-order valence-electron chi connectivity index (χ1n) is 10.1. The molecular formula is C19H41NO6. The van der Waals surface area contributed by atoms with E-state index in [1.165, 1.54) is 51.4 Å². The molecule has 0 aromatic heterocycles. The van der Waals surface area contributed by atoms with Crippen molar-refractivity contribution < 1.29 is 30.4 Å². The average molecular weight is 380 g/mol. The zero-order chi connectivity index (χ0) is 19.8. The molecule has 0 aliphatic heterocycles. The van der Waals surface area contributed by atoms with Gasteiger partial charge in [0.2, 0.25) is 0 Å². The maximum atomic E-state index is 9.77. The van der Waals surface area contributed by atoms with Crippen LogP contribution in [0, 0.1) is 0 Å².